The van der Waals surface area contributed by atoms with Gasteiger partial charge in [0, 0.05) is 13.1 Å². The fraction of sp³-hybridized carbons (Fsp3) is 0.571. The molecule has 0 radical (unpaired) electrons. The Labute approximate surface area is 123 Å². The van der Waals surface area contributed by atoms with Crippen LogP contribution in [0.5, 0.6) is 0 Å². The molecule has 1 unspecified atom stereocenters. The first-order chi connectivity index (χ1) is 10.0. The van der Waals surface area contributed by atoms with Gasteiger partial charge in [-0.15, -0.1) is 0 Å². The SMILES string of the molecule is CCC1CCCN(C(=O)c2cc(N)ncc2[N+](=O)[O-])CC1. The molecular weight excluding hydrogens is 272 g/mol. The number of nitro groups is 1. The van der Waals surface area contributed by atoms with Crippen molar-refractivity contribution in [3.05, 3.63) is 27.9 Å². The summed E-state index contributed by atoms with van der Waals surface area (Å²) in [7, 11) is 0. The van der Waals surface area contributed by atoms with Crippen molar-refractivity contribution >= 4 is 17.4 Å². The van der Waals surface area contributed by atoms with Gasteiger partial charge < -0.3 is 10.6 Å². The summed E-state index contributed by atoms with van der Waals surface area (Å²) in [5.74, 6) is 0.415. The monoisotopic (exact) mass is 292 g/mol. The molecule has 0 saturated carbocycles. The maximum absolute atomic E-state index is 12.6. The maximum atomic E-state index is 12.6. The molecule has 1 aromatic heterocycles. The molecule has 7 nitrogen and oxygen atoms in total. The predicted octanol–water partition coefficient (Wildman–Crippen LogP) is 2.22. The second kappa shape index (κ2) is 6.51. The Morgan fingerprint density at radius 3 is 2.95 bits per heavy atom. The number of nitrogens with zero attached hydrogens (tertiary/aromatic N) is 3. The van der Waals surface area contributed by atoms with Gasteiger partial charge in [0.05, 0.1) is 4.92 Å². The van der Waals surface area contributed by atoms with E-state index in [0.717, 1.165) is 31.9 Å². The number of amides is 1. The Morgan fingerprint density at radius 1 is 1.52 bits per heavy atom. The minimum absolute atomic E-state index is 0.0300. The lowest BCUT2D eigenvalue weighted by Crippen LogP contribution is -2.32. The Balaban J connectivity index is 2.23. The van der Waals surface area contributed by atoms with Crippen molar-refractivity contribution < 1.29 is 9.72 Å². The molecule has 21 heavy (non-hydrogen) atoms. The molecule has 0 aromatic carbocycles. The first-order valence-corrected chi connectivity index (χ1v) is 7.22. The van der Waals surface area contributed by atoms with Crippen LogP contribution in [0, 0.1) is 16.0 Å². The standard InChI is InChI=1S/C14H20N4O3/c1-2-10-4-3-6-17(7-5-10)14(19)11-8-13(15)16-9-12(11)18(20)21/h8-10H,2-7H2,1H3,(H2,15,16). The number of pyridine rings is 1. The molecule has 7 heteroatoms. The molecular formula is C14H20N4O3. The molecule has 0 bridgehead atoms. The van der Waals surface area contributed by atoms with Crippen LogP contribution >= 0.6 is 0 Å². The highest BCUT2D eigenvalue weighted by Crippen LogP contribution is 2.25. The van der Waals surface area contributed by atoms with E-state index in [4.69, 9.17) is 5.73 Å². The van der Waals surface area contributed by atoms with Crippen molar-refractivity contribution in [3.63, 3.8) is 0 Å². The third kappa shape index (κ3) is 3.48. The number of carbonyl (C=O) groups excluding carboxylic acids is 1. The van der Waals surface area contributed by atoms with Gasteiger partial charge in [-0.25, -0.2) is 4.98 Å². The number of carbonyl (C=O) groups is 1. The van der Waals surface area contributed by atoms with Gasteiger partial charge in [-0.3, -0.25) is 14.9 Å². The maximum Gasteiger partial charge on any atom is 0.300 e. The largest absolute Gasteiger partial charge is 0.384 e. The van der Waals surface area contributed by atoms with E-state index >= 15 is 0 Å². The summed E-state index contributed by atoms with van der Waals surface area (Å²) < 4.78 is 0. The summed E-state index contributed by atoms with van der Waals surface area (Å²) in [5.41, 5.74) is 5.31. The lowest BCUT2D eigenvalue weighted by Gasteiger charge is -2.20. The van der Waals surface area contributed by atoms with Crippen molar-refractivity contribution in [1.82, 2.24) is 9.88 Å². The normalized spacial score (nSPS) is 19.1. The van der Waals surface area contributed by atoms with E-state index in [-0.39, 0.29) is 23.0 Å². The summed E-state index contributed by atoms with van der Waals surface area (Å²) in [4.78, 5) is 28.4. The molecule has 2 rings (SSSR count). The minimum Gasteiger partial charge on any atom is -0.384 e. The van der Waals surface area contributed by atoms with E-state index in [9.17, 15) is 14.9 Å². The summed E-state index contributed by atoms with van der Waals surface area (Å²) in [6.45, 7) is 3.42. The van der Waals surface area contributed by atoms with Crippen molar-refractivity contribution in [1.29, 1.82) is 0 Å². The molecule has 0 aliphatic carbocycles. The van der Waals surface area contributed by atoms with Gasteiger partial charge >= 0.3 is 0 Å². The lowest BCUT2D eigenvalue weighted by molar-refractivity contribution is -0.385. The molecule has 1 amide bonds. The average Bonchev–Trinajstić information content (AvgIpc) is 2.71. The van der Waals surface area contributed by atoms with Crippen LogP contribution < -0.4 is 5.73 Å². The predicted molar refractivity (Wildman–Crippen MR) is 78.8 cm³/mol. The Bertz CT molecular complexity index is 547. The van der Waals surface area contributed by atoms with Crippen LogP contribution in [0.15, 0.2) is 12.3 Å². The van der Waals surface area contributed by atoms with E-state index in [2.05, 4.69) is 11.9 Å². The number of hydrogen-bond acceptors (Lipinski definition) is 5. The van der Waals surface area contributed by atoms with Crippen molar-refractivity contribution in [2.45, 2.75) is 32.6 Å². The van der Waals surface area contributed by atoms with E-state index in [0.29, 0.717) is 19.0 Å². The van der Waals surface area contributed by atoms with Crippen molar-refractivity contribution in [2.24, 2.45) is 5.92 Å². The third-order valence-electron chi connectivity index (χ3n) is 4.04. The molecule has 1 fully saturated rings. The Kier molecular flexibility index (Phi) is 4.72. The molecule has 1 aromatic rings. The Morgan fingerprint density at radius 2 is 2.29 bits per heavy atom. The zero-order valence-corrected chi connectivity index (χ0v) is 12.1. The van der Waals surface area contributed by atoms with Crippen LogP contribution in [-0.2, 0) is 0 Å². The smallest absolute Gasteiger partial charge is 0.300 e. The molecule has 1 atom stereocenters. The van der Waals surface area contributed by atoms with Crippen LogP contribution in [0.2, 0.25) is 0 Å². The van der Waals surface area contributed by atoms with Gasteiger partial charge in [-0.05, 0) is 31.2 Å². The van der Waals surface area contributed by atoms with Gasteiger partial charge in [-0.1, -0.05) is 13.3 Å². The molecule has 114 valence electrons. The van der Waals surface area contributed by atoms with Crippen LogP contribution in [-0.4, -0.2) is 33.8 Å². The number of nitrogen functional groups attached to an aromatic ring is 1. The zero-order chi connectivity index (χ0) is 15.4. The van der Waals surface area contributed by atoms with Crippen molar-refractivity contribution in [2.75, 3.05) is 18.8 Å². The summed E-state index contributed by atoms with van der Waals surface area (Å²) >= 11 is 0. The number of rotatable bonds is 3. The summed E-state index contributed by atoms with van der Waals surface area (Å²) in [6, 6.07) is 1.29. The van der Waals surface area contributed by atoms with Crippen LogP contribution in [0.25, 0.3) is 0 Å². The van der Waals surface area contributed by atoms with Crippen LogP contribution in [0.3, 0.4) is 0 Å². The van der Waals surface area contributed by atoms with Gasteiger partial charge in [0.1, 0.15) is 17.6 Å². The van der Waals surface area contributed by atoms with Crippen LogP contribution in [0.4, 0.5) is 11.5 Å². The number of aromatic nitrogens is 1. The fourth-order valence-electron chi connectivity index (χ4n) is 2.73. The average molecular weight is 292 g/mol. The second-order valence-electron chi connectivity index (χ2n) is 5.38. The first-order valence-electron chi connectivity index (χ1n) is 7.22. The lowest BCUT2D eigenvalue weighted by atomic mass is 9.98. The highest BCUT2D eigenvalue weighted by Gasteiger charge is 2.27. The van der Waals surface area contributed by atoms with Crippen molar-refractivity contribution in [3.8, 4) is 0 Å². The van der Waals surface area contributed by atoms with Gasteiger partial charge in [0.25, 0.3) is 11.6 Å². The molecule has 2 N–H and O–H groups in total. The molecule has 1 saturated heterocycles. The molecule has 1 aliphatic heterocycles. The Hall–Kier alpha value is -2.18. The van der Waals surface area contributed by atoms with E-state index in [1.54, 1.807) is 4.90 Å². The third-order valence-corrected chi connectivity index (χ3v) is 4.04. The molecule has 0 spiro atoms. The highest BCUT2D eigenvalue weighted by atomic mass is 16.6. The number of hydrogen-bond donors (Lipinski definition) is 1. The first kappa shape index (κ1) is 15.2. The molecule has 2 heterocycles. The quantitative estimate of drug-likeness (QED) is 0.679. The fourth-order valence-corrected chi connectivity index (χ4v) is 2.73. The van der Waals surface area contributed by atoms with E-state index in [1.807, 2.05) is 0 Å². The van der Waals surface area contributed by atoms with E-state index in [1.165, 1.54) is 6.07 Å². The molecule has 1 aliphatic rings. The minimum atomic E-state index is -0.591. The topological polar surface area (TPSA) is 102 Å². The van der Waals surface area contributed by atoms with Gasteiger partial charge in [0.15, 0.2) is 0 Å². The van der Waals surface area contributed by atoms with Gasteiger partial charge in [-0.2, -0.15) is 0 Å². The second-order valence-corrected chi connectivity index (χ2v) is 5.38. The number of likely N-dealkylation sites (tertiary alicyclic amines) is 1. The number of anilines is 1. The summed E-state index contributed by atoms with van der Waals surface area (Å²) in [5, 5.41) is 11.0. The highest BCUT2D eigenvalue weighted by molar-refractivity contribution is 5.98. The van der Waals surface area contributed by atoms with Crippen LogP contribution in [0.1, 0.15) is 43.0 Å². The summed E-state index contributed by atoms with van der Waals surface area (Å²) in [6.07, 6.45) is 5.12. The number of nitrogens with two attached hydrogens (primary N) is 1. The zero-order valence-electron chi connectivity index (χ0n) is 12.1. The van der Waals surface area contributed by atoms with Gasteiger partial charge in [0.2, 0.25) is 0 Å². The van der Waals surface area contributed by atoms with E-state index < -0.39 is 4.92 Å².